The van der Waals surface area contributed by atoms with Crippen LogP contribution in [0.1, 0.15) is 30.9 Å². The molecular weight excluding hydrogens is 253 g/mol. The third-order valence-electron chi connectivity index (χ3n) is 3.44. The molecule has 0 bridgehead atoms. The Kier molecular flexibility index (Phi) is 3.70. The lowest BCUT2D eigenvalue weighted by Gasteiger charge is -2.41. The number of halogens is 3. The highest BCUT2D eigenvalue weighted by molar-refractivity contribution is 5.62. The van der Waals surface area contributed by atoms with Crippen molar-refractivity contribution in [3.05, 3.63) is 29.3 Å². The number of alkyl halides is 3. The van der Waals surface area contributed by atoms with Gasteiger partial charge in [-0.05, 0) is 30.5 Å². The molecular formula is C14H15F3N2. The fourth-order valence-corrected chi connectivity index (χ4v) is 2.44. The van der Waals surface area contributed by atoms with Crippen LogP contribution in [0.2, 0.25) is 0 Å². The Bertz CT molecular complexity index is 496. The Hall–Kier alpha value is -1.70. The Balaban J connectivity index is 2.17. The first-order chi connectivity index (χ1) is 8.95. The first-order valence-electron chi connectivity index (χ1n) is 6.32. The van der Waals surface area contributed by atoms with E-state index in [9.17, 15) is 13.2 Å². The molecule has 1 aromatic rings. The minimum absolute atomic E-state index is 0.102. The zero-order valence-electron chi connectivity index (χ0n) is 10.7. The van der Waals surface area contributed by atoms with Crippen LogP contribution in [-0.2, 0) is 6.18 Å². The average molecular weight is 268 g/mol. The molecule has 5 heteroatoms. The highest BCUT2D eigenvalue weighted by Gasteiger charge is 2.33. The third kappa shape index (κ3) is 2.83. The summed E-state index contributed by atoms with van der Waals surface area (Å²) in [5, 5.41) is 9.00. The smallest absolute Gasteiger partial charge is 0.370 e. The lowest BCUT2D eigenvalue weighted by atomic mass is 9.93. The van der Waals surface area contributed by atoms with Gasteiger partial charge in [-0.3, -0.25) is 0 Å². The predicted molar refractivity (Wildman–Crippen MR) is 66.8 cm³/mol. The molecule has 1 aliphatic heterocycles. The van der Waals surface area contributed by atoms with Gasteiger partial charge < -0.3 is 4.90 Å². The third-order valence-corrected chi connectivity index (χ3v) is 3.44. The van der Waals surface area contributed by atoms with Crippen molar-refractivity contribution in [2.45, 2.75) is 25.9 Å². The molecule has 1 aromatic carbocycles. The molecule has 0 radical (unpaired) electrons. The molecule has 0 amide bonds. The van der Waals surface area contributed by atoms with E-state index in [0.29, 0.717) is 11.6 Å². The van der Waals surface area contributed by atoms with Gasteiger partial charge in [-0.25, -0.2) is 0 Å². The van der Waals surface area contributed by atoms with E-state index >= 15 is 0 Å². The monoisotopic (exact) mass is 268 g/mol. The number of nitriles is 1. The summed E-state index contributed by atoms with van der Waals surface area (Å²) in [5.41, 5.74) is -0.0499. The van der Waals surface area contributed by atoms with Crippen molar-refractivity contribution < 1.29 is 13.2 Å². The molecule has 0 unspecified atom stereocenters. The van der Waals surface area contributed by atoms with Crippen LogP contribution in [0.4, 0.5) is 18.9 Å². The van der Waals surface area contributed by atoms with E-state index < -0.39 is 11.7 Å². The largest absolute Gasteiger partial charge is 0.416 e. The second kappa shape index (κ2) is 5.12. The SMILES string of the molecule is CCCC1CN(c2ccc(C(F)(F)F)cc2C#N)C1. The van der Waals surface area contributed by atoms with Gasteiger partial charge in [-0.2, -0.15) is 18.4 Å². The van der Waals surface area contributed by atoms with Gasteiger partial charge >= 0.3 is 6.18 Å². The topological polar surface area (TPSA) is 27.0 Å². The second-order valence-electron chi connectivity index (χ2n) is 4.90. The maximum absolute atomic E-state index is 12.6. The van der Waals surface area contributed by atoms with Crippen LogP contribution < -0.4 is 4.90 Å². The fourth-order valence-electron chi connectivity index (χ4n) is 2.44. The normalized spacial score (nSPS) is 16.1. The van der Waals surface area contributed by atoms with E-state index in [1.165, 1.54) is 6.07 Å². The van der Waals surface area contributed by atoms with Crippen molar-refractivity contribution >= 4 is 5.69 Å². The maximum atomic E-state index is 12.6. The number of benzene rings is 1. The predicted octanol–water partition coefficient (Wildman–Crippen LogP) is 3.81. The minimum Gasteiger partial charge on any atom is -0.370 e. The molecule has 2 rings (SSSR count). The summed E-state index contributed by atoms with van der Waals surface area (Å²) >= 11 is 0. The Morgan fingerprint density at radius 2 is 2.05 bits per heavy atom. The van der Waals surface area contributed by atoms with E-state index in [4.69, 9.17) is 5.26 Å². The number of anilines is 1. The van der Waals surface area contributed by atoms with Gasteiger partial charge in [0.05, 0.1) is 16.8 Å². The summed E-state index contributed by atoms with van der Waals surface area (Å²) in [4.78, 5) is 1.97. The molecule has 0 aliphatic carbocycles. The summed E-state index contributed by atoms with van der Waals surface area (Å²) in [6.07, 6.45) is -2.17. The molecule has 0 aromatic heterocycles. The van der Waals surface area contributed by atoms with Gasteiger partial charge in [0.2, 0.25) is 0 Å². The van der Waals surface area contributed by atoms with E-state index in [0.717, 1.165) is 38.1 Å². The second-order valence-corrected chi connectivity index (χ2v) is 4.90. The number of hydrogen-bond acceptors (Lipinski definition) is 2. The number of rotatable bonds is 3. The maximum Gasteiger partial charge on any atom is 0.416 e. The molecule has 0 spiro atoms. The summed E-state index contributed by atoms with van der Waals surface area (Å²) in [7, 11) is 0. The van der Waals surface area contributed by atoms with Gasteiger partial charge in [-0.15, -0.1) is 0 Å². The summed E-state index contributed by atoms with van der Waals surface area (Å²) in [5.74, 6) is 0.596. The van der Waals surface area contributed by atoms with Gasteiger partial charge in [0.15, 0.2) is 0 Å². The molecule has 102 valence electrons. The molecule has 0 N–H and O–H groups in total. The van der Waals surface area contributed by atoms with Crippen molar-refractivity contribution in [1.82, 2.24) is 0 Å². The molecule has 1 heterocycles. The van der Waals surface area contributed by atoms with E-state index in [1.54, 1.807) is 0 Å². The first kappa shape index (κ1) is 13.7. The minimum atomic E-state index is -4.40. The lowest BCUT2D eigenvalue weighted by molar-refractivity contribution is -0.137. The molecule has 1 aliphatic rings. The molecule has 1 fully saturated rings. The lowest BCUT2D eigenvalue weighted by Crippen LogP contribution is -2.47. The number of hydrogen-bond donors (Lipinski definition) is 0. The molecule has 2 nitrogen and oxygen atoms in total. The zero-order chi connectivity index (χ0) is 14.0. The van der Waals surface area contributed by atoms with Crippen molar-refractivity contribution in [3.63, 3.8) is 0 Å². The Morgan fingerprint density at radius 1 is 1.37 bits per heavy atom. The van der Waals surface area contributed by atoms with Crippen LogP contribution in [0.3, 0.4) is 0 Å². The van der Waals surface area contributed by atoms with Crippen LogP contribution in [0.15, 0.2) is 18.2 Å². The fraction of sp³-hybridized carbons (Fsp3) is 0.500. The van der Waals surface area contributed by atoms with Gasteiger partial charge in [0.25, 0.3) is 0 Å². The van der Waals surface area contributed by atoms with Crippen LogP contribution in [0.5, 0.6) is 0 Å². The Labute approximate surface area is 110 Å². The highest BCUT2D eigenvalue weighted by Crippen LogP contribution is 2.35. The van der Waals surface area contributed by atoms with E-state index in [-0.39, 0.29) is 5.56 Å². The average Bonchev–Trinajstić information content (AvgIpc) is 2.31. The first-order valence-corrected chi connectivity index (χ1v) is 6.32. The van der Waals surface area contributed by atoms with Gasteiger partial charge in [0.1, 0.15) is 6.07 Å². The van der Waals surface area contributed by atoms with Crippen molar-refractivity contribution in [2.75, 3.05) is 18.0 Å². The quantitative estimate of drug-likeness (QED) is 0.833. The van der Waals surface area contributed by atoms with Gasteiger partial charge in [-0.1, -0.05) is 13.3 Å². The van der Waals surface area contributed by atoms with Crippen LogP contribution in [0.25, 0.3) is 0 Å². The molecule has 0 saturated carbocycles. The van der Waals surface area contributed by atoms with Crippen LogP contribution >= 0.6 is 0 Å². The summed E-state index contributed by atoms with van der Waals surface area (Å²) < 4.78 is 37.7. The number of nitrogens with zero attached hydrogens (tertiary/aromatic N) is 2. The van der Waals surface area contributed by atoms with E-state index in [1.807, 2.05) is 11.0 Å². The molecule has 0 atom stereocenters. The Morgan fingerprint density at radius 3 is 2.58 bits per heavy atom. The zero-order valence-corrected chi connectivity index (χ0v) is 10.7. The molecule has 1 saturated heterocycles. The summed E-state index contributed by atoms with van der Waals surface area (Å²) in [6.45, 7) is 3.77. The van der Waals surface area contributed by atoms with Crippen LogP contribution in [0, 0.1) is 17.2 Å². The summed E-state index contributed by atoms with van der Waals surface area (Å²) in [6, 6.07) is 5.25. The molecule has 19 heavy (non-hydrogen) atoms. The standard InChI is InChI=1S/C14H15F3N2/c1-2-3-10-8-19(9-10)13-5-4-12(14(15,16)17)6-11(13)7-18/h4-6,10H,2-3,8-9H2,1H3. The van der Waals surface area contributed by atoms with Crippen LogP contribution in [-0.4, -0.2) is 13.1 Å². The van der Waals surface area contributed by atoms with Gasteiger partial charge in [0, 0.05) is 13.1 Å². The van der Waals surface area contributed by atoms with E-state index in [2.05, 4.69) is 6.92 Å². The van der Waals surface area contributed by atoms with Crippen molar-refractivity contribution in [1.29, 1.82) is 5.26 Å². The van der Waals surface area contributed by atoms with Crippen molar-refractivity contribution in [2.24, 2.45) is 5.92 Å². The highest BCUT2D eigenvalue weighted by atomic mass is 19.4. The van der Waals surface area contributed by atoms with Crippen molar-refractivity contribution in [3.8, 4) is 6.07 Å².